The van der Waals surface area contributed by atoms with Gasteiger partial charge in [-0.1, -0.05) is 30.3 Å². The summed E-state index contributed by atoms with van der Waals surface area (Å²) in [5.41, 5.74) is 5.79. The molecule has 0 saturated carbocycles. The molecular formula is C10H13NO2. The fourth-order valence-electron chi connectivity index (χ4n) is 1.12. The molecule has 1 aromatic rings. The van der Waals surface area contributed by atoms with Gasteiger partial charge in [-0.2, -0.15) is 0 Å². The summed E-state index contributed by atoms with van der Waals surface area (Å²) in [6.45, 7) is 0. The van der Waals surface area contributed by atoms with Crippen LogP contribution in [-0.4, -0.2) is 11.0 Å². The fourth-order valence-corrected chi connectivity index (χ4v) is 1.12. The van der Waals surface area contributed by atoms with Crippen LogP contribution in [0.3, 0.4) is 0 Å². The highest BCUT2D eigenvalue weighted by atomic mass is 16.3. The standard InChI is InChI=1S/C10H13NO2/c11-10(13)7-6-9(12)8-4-2-1-3-5-8/h1-5,9,12H,6-7H2,(H2,11,13)/t9-/m1/s1. The van der Waals surface area contributed by atoms with E-state index in [1.165, 1.54) is 0 Å². The smallest absolute Gasteiger partial charge is 0.217 e. The van der Waals surface area contributed by atoms with Crippen LogP contribution in [0.25, 0.3) is 0 Å². The molecule has 0 heterocycles. The van der Waals surface area contributed by atoms with Crippen molar-refractivity contribution in [2.45, 2.75) is 18.9 Å². The Labute approximate surface area is 77.2 Å². The topological polar surface area (TPSA) is 63.3 Å². The Morgan fingerprint density at radius 3 is 2.54 bits per heavy atom. The number of carbonyl (C=O) groups excluding carboxylic acids is 1. The quantitative estimate of drug-likeness (QED) is 0.723. The molecule has 3 heteroatoms. The van der Waals surface area contributed by atoms with E-state index in [-0.39, 0.29) is 12.3 Å². The highest BCUT2D eigenvalue weighted by Crippen LogP contribution is 2.16. The van der Waals surface area contributed by atoms with Gasteiger partial charge < -0.3 is 10.8 Å². The maximum absolute atomic E-state index is 10.4. The van der Waals surface area contributed by atoms with Gasteiger partial charge in [-0.05, 0) is 12.0 Å². The molecule has 0 saturated heterocycles. The van der Waals surface area contributed by atoms with Crippen LogP contribution in [0, 0.1) is 0 Å². The number of rotatable bonds is 4. The maximum Gasteiger partial charge on any atom is 0.217 e. The normalized spacial score (nSPS) is 12.4. The molecular weight excluding hydrogens is 166 g/mol. The molecule has 3 nitrogen and oxygen atoms in total. The number of hydrogen-bond donors (Lipinski definition) is 2. The lowest BCUT2D eigenvalue weighted by Crippen LogP contribution is -2.11. The molecule has 1 amide bonds. The first kappa shape index (κ1) is 9.74. The summed E-state index contributed by atoms with van der Waals surface area (Å²) < 4.78 is 0. The SMILES string of the molecule is NC(=O)CC[C@@H](O)c1ccccc1. The predicted molar refractivity (Wildman–Crippen MR) is 49.8 cm³/mol. The van der Waals surface area contributed by atoms with Crippen molar-refractivity contribution < 1.29 is 9.90 Å². The highest BCUT2D eigenvalue weighted by molar-refractivity contribution is 5.73. The Bertz CT molecular complexity index is 272. The largest absolute Gasteiger partial charge is 0.388 e. The Hall–Kier alpha value is -1.35. The molecule has 0 aliphatic rings. The molecule has 1 rings (SSSR count). The molecule has 0 unspecified atom stereocenters. The minimum atomic E-state index is -0.589. The molecule has 1 aromatic carbocycles. The van der Waals surface area contributed by atoms with Crippen molar-refractivity contribution in [2.75, 3.05) is 0 Å². The average molecular weight is 179 g/mol. The van der Waals surface area contributed by atoms with Crippen molar-refractivity contribution in [3.63, 3.8) is 0 Å². The number of benzene rings is 1. The van der Waals surface area contributed by atoms with E-state index in [0.29, 0.717) is 6.42 Å². The molecule has 0 aliphatic heterocycles. The molecule has 0 spiro atoms. The van der Waals surface area contributed by atoms with Crippen LogP contribution < -0.4 is 5.73 Å². The number of hydrogen-bond acceptors (Lipinski definition) is 2. The first-order chi connectivity index (χ1) is 6.20. The van der Waals surface area contributed by atoms with E-state index in [1.807, 2.05) is 30.3 Å². The van der Waals surface area contributed by atoms with E-state index in [4.69, 9.17) is 5.73 Å². The molecule has 3 N–H and O–H groups in total. The Kier molecular flexibility index (Phi) is 3.46. The summed E-state index contributed by atoms with van der Waals surface area (Å²) in [6.07, 6.45) is 0.0174. The monoisotopic (exact) mass is 179 g/mol. The van der Waals surface area contributed by atoms with E-state index in [9.17, 15) is 9.90 Å². The molecule has 13 heavy (non-hydrogen) atoms. The molecule has 70 valence electrons. The van der Waals surface area contributed by atoms with E-state index >= 15 is 0 Å². The number of aliphatic hydroxyl groups excluding tert-OH is 1. The summed E-state index contributed by atoms with van der Waals surface area (Å²) in [6, 6.07) is 9.23. The van der Waals surface area contributed by atoms with Crippen LogP contribution in [0.15, 0.2) is 30.3 Å². The second-order valence-electron chi connectivity index (χ2n) is 2.93. The van der Waals surface area contributed by atoms with Gasteiger partial charge in [0.15, 0.2) is 0 Å². The van der Waals surface area contributed by atoms with Crippen LogP contribution in [0.4, 0.5) is 0 Å². The molecule has 0 bridgehead atoms. The number of nitrogens with two attached hydrogens (primary N) is 1. The minimum absolute atomic E-state index is 0.218. The zero-order chi connectivity index (χ0) is 9.68. The summed E-state index contributed by atoms with van der Waals surface area (Å²) in [5, 5.41) is 9.56. The zero-order valence-corrected chi connectivity index (χ0v) is 7.31. The first-order valence-corrected chi connectivity index (χ1v) is 4.21. The average Bonchev–Trinajstić information content (AvgIpc) is 2.15. The highest BCUT2D eigenvalue weighted by Gasteiger charge is 2.07. The van der Waals surface area contributed by atoms with Gasteiger partial charge in [-0.25, -0.2) is 0 Å². The lowest BCUT2D eigenvalue weighted by Gasteiger charge is -2.08. The third-order valence-corrected chi connectivity index (χ3v) is 1.85. The van der Waals surface area contributed by atoms with Crippen molar-refractivity contribution in [2.24, 2.45) is 5.73 Å². The molecule has 0 fully saturated rings. The van der Waals surface area contributed by atoms with Crippen LogP contribution in [0.1, 0.15) is 24.5 Å². The van der Waals surface area contributed by atoms with Crippen molar-refractivity contribution in [3.05, 3.63) is 35.9 Å². The van der Waals surface area contributed by atoms with Crippen LogP contribution in [0.2, 0.25) is 0 Å². The number of aliphatic hydroxyl groups is 1. The van der Waals surface area contributed by atoms with Gasteiger partial charge in [0.2, 0.25) is 5.91 Å². The van der Waals surface area contributed by atoms with E-state index in [0.717, 1.165) is 5.56 Å². The number of carbonyl (C=O) groups is 1. The molecule has 0 aliphatic carbocycles. The van der Waals surface area contributed by atoms with E-state index in [2.05, 4.69) is 0 Å². The van der Waals surface area contributed by atoms with E-state index in [1.54, 1.807) is 0 Å². The Balaban J connectivity index is 2.49. The summed E-state index contributed by atoms with van der Waals surface area (Å²) in [4.78, 5) is 10.4. The van der Waals surface area contributed by atoms with Crippen molar-refractivity contribution >= 4 is 5.91 Å². The van der Waals surface area contributed by atoms with Gasteiger partial charge >= 0.3 is 0 Å². The fraction of sp³-hybridized carbons (Fsp3) is 0.300. The first-order valence-electron chi connectivity index (χ1n) is 4.21. The van der Waals surface area contributed by atoms with Crippen molar-refractivity contribution in [3.8, 4) is 0 Å². The zero-order valence-electron chi connectivity index (χ0n) is 7.31. The van der Waals surface area contributed by atoms with Gasteiger partial charge in [0.05, 0.1) is 6.10 Å². The van der Waals surface area contributed by atoms with E-state index < -0.39 is 6.10 Å². The number of primary amides is 1. The van der Waals surface area contributed by atoms with Crippen LogP contribution >= 0.6 is 0 Å². The lowest BCUT2D eigenvalue weighted by atomic mass is 10.1. The third kappa shape index (κ3) is 3.25. The molecule has 1 atom stereocenters. The van der Waals surface area contributed by atoms with Crippen LogP contribution in [-0.2, 0) is 4.79 Å². The Morgan fingerprint density at radius 1 is 1.38 bits per heavy atom. The summed E-state index contributed by atoms with van der Waals surface area (Å²) >= 11 is 0. The second-order valence-corrected chi connectivity index (χ2v) is 2.93. The van der Waals surface area contributed by atoms with Crippen molar-refractivity contribution in [1.82, 2.24) is 0 Å². The predicted octanol–water partition coefficient (Wildman–Crippen LogP) is 0.986. The van der Waals surface area contributed by atoms with Gasteiger partial charge in [0.25, 0.3) is 0 Å². The van der Waals surface area contributed by atoms with Gasteiger partial charge in [-0.3, -0.25) is 4.79 Å². The lowest BCUT2D eigenvalue weighted by molar-refractivity contribution is -0.118. The summed E-state index contributed by atoms with van der Waals surface area (Å²) in [5.74, 6) is -0.380. The molecule has 0 aromatic heterocycles. The summed E-state index contributed by atoms with van der Waals surface area (Å²) in [7, 11) is 0. The van der Waals surface area contributed by atoms with Crippen LogP contribution in [0.5, 0.6) is 0 Å². The second kappa shape index (κ2) is 4.62. The van der Waals surface area contributed by atoms with Gasteiger partial charge in [-0.15, -0.1) is 0 Å². The third-order valence-electron chi connectivity index (χ3n) is 1.85. The maximum atomic E-state index is 10.4. The Morgan fingerprint density at radius 2 is 2.00 bits per heavy atom. The van der Waals surface area contributed by atoms with Crippen molar-refractivity contribution in [1.29, 1.82) is 0 Å². The number of amides is 1. The minimum Gasteiger partial charge on any atom is -0.388 e. The van der Waals surface area contributed by atoms with Gasteiger partial charge in [0, 0.05) is 6.42 Å². The van der Waals surface area contributed by atoms with Gasteiger partial charge in [0.1, 0.15) is 0 Å². The molecule has 0 radical (unpaired) electrons.